The molecule has 0 amide bonds. The van der Waals surface area contributed by atoms with Gasteiger partial charge in [0, 0.05) is 0 Å². The van der Waals surface area contributed by atoms with Gasteiger partial charge in [-0.2, -0.15) is 5.26 Å². The van der Waals surface area contributed by atoms with Crippen molar-refractivity contribution in [2.45, 2.75) is 6.92 Å². The first-order chi connectivity index (χ1) is 6.61. The van der Waals surface area contributed by atoms with Crippen LogP contribution in [0.25, 0.3) is 0 Å². The zero-order chi connectivity index (χ0) is 10.7. The molecule has 1 aromatic rings. The van der Waals surface area contributed by atoms with E-state index in [4.69, 9.17) is 27.3 Å². The van der Waals surface area contributed by atoms with Gasteiger partial charge in [-0.1, -0.05) is 11.6 Å². The smallest absolute Gasteiger partial charge is 0.356 e. The van der Waals surface area contributed by atoms with Crippen LogP contribution < -0.4 is 5.73 Å². The van der Waals surface area contributed by atoms with Gasteiger partial charge < -0.3 is 15.5 Å². The lowest BCUT2D eigenvalue weighted by molar-refractivity contribution is 0.0521. The molecule has 0 bridgehead atoms. The number of hydrogen-bond donors (Lipinski definition) is 2. The molecule has 0 aliphatic carbocycles. The highest BCUT2D eigenvalue weighted by molar-refractivity contribution is 6.31. The largest absolute Gasteiger partial charge is 0.461 e. The van der Waals surface area contributed by atoms with Crippen LogP contribution in [-0.4, -0.2) is 17.6 Å². The molecule has 74 valence electrons. The Morgan fingerprint density at radius 1 is 1.79 bits per heavy atom. The molecule has 0 saturated heterocycles. The van der Waals surface area contributed by atoms with Crippen LogP contribution in [0.4, 0.5) is 5.69 Å². The number of halogens is 1. The van der Waals surface area contributed by atoms with E-state index < -0.39 is 5.97 Å². The lowest BCUT2D eigenvalue weighted by Gasteiger charge is -1.99. The number of rotatable bonds is 2. The van der Waals surface area contributed by atoms with Crippen molar-refractivity contribution in [2.75, 3.05) is 12.3 Å². The highest BCUT2D eigenvalue weighted by atomic mass is 35.5. The molecule has 0 aromatic carbocycles. The third-order valence-corrected chi connectivity index (χ3v) is 1.87. The number of nitrogens with one attached hydrogen (secondary N) is 1. The van der Waals surface area contributed by atoms with Crippen LogP contribution in [0.5, 0.6) is 0 Å². The normalized spacial score (nSPS) is 9.50. The number of H-pyrrole nitrogens is 1. The molecule has 6 heteroatoms. The molecule has 0 radical (unpaired) electrons. The third-order valence-electron chi connectivity index (χ3n) is 1.58. The van der Waals surface area contributed by atoms with Gasteiger partial charge in [-0.3, -0.25) is 0 Å². The van der Waals surface area contributed by atoms with Crippen LogP contribution >= 0.6 is 11.6 Å². The number of anilines is 1. The van der Waals surface area contributed by atoms with E-state index in [1.54, 1.807) is 13.0 Å². The summed E-state index contributed by atoms with van der Waals surface area (Å²) in [5.74, 6) is -0.617. The molecule has 14 heavy (non-hydrogen) atoms. The van der Waals surface area contributed by atoms with Gasteiger partial charge in [0.2, 0.25) is 0 Å². The van der Waals surface area contributed by atoms with E-state index in [0.29, 0.717) is 0 Å². The quantitative estimate of drug-likeness (QED) is 0.725. The van der Waals surface area contributed by atoms with Gasteiger partial charge >= 0.3 is 5.97 Å². The molecule has 3 N–H and O–H groups in total. The van der Waals surface area contributed by atoms with Crippen molar-refractivity contribution in [3.8, 4) is 6.07 Å². The monoisotopic (exact) mass is 213 g/mol. The number of nitriles is 1. The van der Waals surface area contributed by atoms with Crippen LogP contribution in [0.3, 0.4) is 0 Å². The van der Waals surface area contributed by atoms with E-state index in [1.165, 1.54) is 0 Å². The second-order valence-corrected chi connectivity index (χ2v) is 2.81. The minimum absolute atomic E-state index is 0.0217. The van der Waals surface area contributed by atoms with Crippen LogP contribution in [0.15, 0.2) is 0 Å². The first kappa shape index (κ1) is 10.4. The maximum atomic E-state index is 11.2. The number of hydrogen-bond acceptors (Lipinski definition) is 4. The van der Waals surface area contributed by atoms with Crippen molar-refractivity contribution in [1.29, 1.82) is 5.26 Å². The van der Waals surface area contributed by atoms with Crippen molar-refractivity contribution in [3.63, 3.8) is 0 Å². The Kier molecular flexibility index (Phi) is 2.99. The summed E-state index contributed by atoms with van der Waals surface area (Å²) in [5.41, 5.74) is 5.62. The highest BCUT2D eigenvalue weighted by Gasteiger charge is 2.19. The summed E-state index contributed by atoms with van der Waals surface area (Å²) in [7, 11) is 0. The SMILES string of the molecule is CCOC(=O)c1[nH]c(Cl)c(C#N)c1N. The fraction of sp³-hybridized carbons (Fsp3) is 0.250. The lowest BCUT2D eigenvalue weighted by atomic mass is 10.3. The van der Waals surface area contributed by atoms with E-state index in [-0.39, 0.29) is 28.7 Å². The summed E-state index contributed by atoms with van der Waals surface area (Å²) in [5, 5.41) is 8.69. The molecule has 0 aliphatic rings. The predicted molar refractivity (Wildman–Crippen MR) is 50.9 cm³/mol. The number of aromatic amines is 1. The van der Waals surface area contributed by atoms with Gasteiger partial charge in [-0.05, 0) is 6.92 Å². The fourth-order valence-corrected chi connectivity index (χ4v) is 1.19. The molecule has 0 spiro atoms. The molecule has 0 atom stereocenters. The Bertz CT molecular complexity index is 405. The van der Waals surface area contributed by atoms with E-state index >= 15 is 0 Å². The highest BCUT2D eigenvalue weighted by Crippen LogP contribution is 2.25. The number of esters is 1. The number of nitrogens with two attached hydrogens (primary N) is 1. The number of carbonyl (C=O) groups excluding carboxylic acids is 1. The molecule has 1 aromatic heterocycles. The van der Waals surface area contributed by atoms with Crippen molar-refractivity contribution >= 4 is 23.3 Å². The number of aromatic nitrogens is 1. The van der Waals surface area contributed by atoms with E-state index in [0.717, 1.165) is 0 Å². The molecule has 0 saturated carbocycles. The Morgan fingerprint density at radius 3 is 2.86 bits per heavy atom. The average Bonchev–Trinajstić information content (AvgIpc) is 2.42. The number of ether oxygens (including phenoxy) is 1. The van der Waals surface area contributed by atoms with Gasteiger partial charge in [-0.25, -0.2) is 4.79 Å². The van der Waals surface area contributed by atoms with Crippen LogP contribution in [-0.2, 0) is 4.74 Å². The Hall–Kier alpha value is -1.67. The standard InChI is InChI=1S/C8H8ClN3O2/c1-2-14-8(13)6-5(11)4(3-10)7(9)12-6/h12H,2,11H2,1H3. The minimum Gasteiger partial charge on any atom is -0.461 e. The second kappa shape index (κ2) is 4.03. The van der Waals surface area contributed by atoms with Crippen molar-refractivity contribution in [3.05, 3.63) is 16.4 Å². The topological polar surface area (TPSA) is 91.9 Å². The van der Waals surface area contributed by atoms with Gasteiger partial charge in [0.05, 0.1) is 12.3 Å². The summed E-state index contributed by atoms with van der Waals surface area (Å²) >= 11 is 5.63. The van der Waals surface area contributed by atoms with Gasteiger partial charge in [0.1, 0.15) is 16.8 Å². The first-order valence-corrected chi connectivity index (χ1v) is 4.23. The summed E-state index contributed by atoms with van der Waals surface area (Å²) in [4.78, 5) is 13.7. The summed E-state index contributed by atoms with van der Waals surface area (Å²) in [6.45, 7) is 1.90. The summed E-state index contributed by atoms with van der Waals surface area (Å²) < 4.78 is 4.70. The Balaban J connectivity index is 3.13. The molecule has 0 fully saturated rings. The molecule has 5 nitrogen and oxygen atoms in total. The maximum absolute atomic E-state index is 11.2. The predicted octanol–water partition coefficient (Wildman–Crippen LogP) is 1.30. The van der Waals surface area contributed by atoms with Crippen molar-refractivity contribution in [1.82, 2.24) is 4.98 Å². The van der Waals surface area contributed by atoms with Crippen LogP contribution in [0.1, 0.15) is 23.0 Å². The second-order valence-electron chi connectivity index (χ2n) is 2.43. The summed E-state index contributed by atoms with van der Waals surface area (Å²) in [6.07, 6.45) is 0. The van der Waals surface area contributed by atoms with Crippen LogP contribution in [0, 0.1) is 11.3 Å². The van der Waals surface area contributed by atoms with Gasteiger partial charge in [-0.15, -0.1) is 0 Å². The molecular formula is C8H8ClN3O2. The van der Waals surface area contributed by atoms with Crippen LogP contribution in [0.2, 0.25) is 5.15 Å². The number of carbonyl (C=O) groups is 1. The Morgan fingerprint density at radius 2 is 2.43 bits per heavy atom. The number of nitrogen functional groups attached to an aromatic ring is 1. The lowest BCUT2D eigenvalue weighted by Crippen LogP contribution is -2.07. The van der Waals surface area contributed by atoms with Crippen molar-refractivity contribution in [2.24, 2.45) is 0 Å². The maximum Gasteiger partial charge on any atom is 0.356 e. The molecule has 1 heterocycles. The van der Waals surface area contributed by atoms with E-state index in [1.807, 2.05) is 0 Å². The van der Waals surface area contributed by atoms with E-state index in [2.05, 4.69) is 4.98 Å². The molecule has 1 rings (SSSR count). The zero-order valence-electron chi connectivity index (χ0n) is 7.43. The molecule has 0 aliphatic heterocycles. The number of nitrogens with zero attached hydrogens (tertiary/aromatic N) is 1. The van der Waals surface area contributed by atoms with Gasteiger partial charge in [0.25, 0.3) is 0 Å². The average molecular weight is 214 g/mol. The summed E-state index contributed by atoms with van der Waals surface area (Å²) in [6, 6.07) is 1.78. The molecular weight excluding hydrogens is 206 g/mol. The van der Waals surface area contributed by atoms with E-state index in [9.17, 15) is 4.79 Å². The fourth-order valence-electron chi connectivity index (χ4n) is 0.956. The molecule has 0 unspecified atom stereocenters. The Labute approximate surface area is 85.4 Å². The first-order valence-electron chi connectivity index (χ1n) is 3.86. The van der Waals surface area contributed by atoms with Crippen molar-refractivity contribution < 1.29 is 9.53 Å². The zero-order valence-corrected chi connectivity index (χ0v) is 8.18. The van der Waals surface area contributed by atoms with Gasteiger partial charge in [0.15, 0.2) is 5.69 Å². The third kappa shape index (κ3) is 1.65. The minimum atomic E-state index is -0.617.